The number of carbonyl (C=O) groups excluding carboxylic acids is 2. The number of hydrogen-bond acceptors (Lipinski definition) is 4. The van der Waals surface area contributed by atoms with Gasteiger partial charge in [-0.15, -0.1) is 11.8 Å². The summed E-state index contributed by atoms with van der Waals surface area (Å²) in [4.78, 5) is 30.5. The third-order valence-electron chi connectivity index (χ3n) is 4.30. The molecular weight excluding hydrogens is 334 g/mol. The number of likely N-dealkylation sites (N-methyl/N-ethyl adjacent to an activating group) is 1. The van der Waals surface area contributed by atoms with Crippen molar-refractivity contribution in [1.29, 1.82) is 0 Å². The van der Waals surface area contributed by atoms with E-state index in [2.05, 4.69) is 11.9 Å². The number of hydrogen-bond donors (Lipinski definition) is 0. The standard InChI is InChI=1S/C16H20ClN3O2S/c1-18-6-8-19(9-7-18)14(21)10-20-15(22)11-23-16(20)12-4-2-3-5-13(12)17/h2-5,16H,6-11H2,1H3. The number of amides is 2. The Balaban J connectivity index is 1.71. The van der Waals surface area contributed by atoms with Crippen LogP contribution in [-0.4, -0.2) is 72.0 Å². The molecule has 0 saturated carbocycles. The van der Waals surface area contributed by atoms with Crippen LogP contribution in [0.15, 0.2) is 24.3 Å². The van der Waals surface area contributed by atoms with E-state index < -0.39 is 0 Å². The Morgan fingerprint density at radius 2 is 1.96 bits per heavy atom. The molecule has 1 unspecified atom stereocenters. The molecular formula is C16H20ClN3O2S. The normalized spacial score (nSPS) is 22.7. The molecule has 2 amide bonds. The fourth-order valence-electron chi connectivity index (χ4n) is 2.86. The zero-order valence-electron chi connectivity index (χ0n) is 13.1. The van der Waals surface area contributed by atoms with Crippen LogP contribution in [0.25, 0.3) is 0 Å². The van der Waals surface area contributed by atoms with Crippen molar-refractivity contribution in [3.63, 3.8) is 0 Å². The second-order valence-corrected chi connectivity index (χ2v) is 7.37. The summed E-state index contributed by atoms with van der Waals surface area (Å²) in [5.74, 6) is 0.416. The van der Waals surface area contributed by atoms with Gasteiger partial charge in [0.25, 0.3) is 0 Å². The molecule has 2 fully saturated rings. The number of thioether (sulfide) groups is 1. The van der Waals surface area contributed by atoms with E-state index >= 15 is 0 Å². The first-order valence-electron chi connectivity index (χ1n) is 7.68. The van der Waals surface area contributed by atoms with Crippen LogP contribution in [0.3, 0.4) is 0 Å². The maximum atomic E-state index is 12.5. The second-order valence-electron chi connectivity index (χ2n) is 5.89. The molecule has 2 aliphatic rings. The van der Waals surface area contributed by atoms with Crippen molar-refractivity contribution < 1.29 is 9.59 Å². The van der Waals surface area contributed by atoms with Crippen molar-refractivity contribution in [1.82, 2.24) is 14.7 Å². The van der Waals surface area contributed by atoms with Crippen molar-refractivity contribution in [2.45, 2.75) is 5.37 Å². The third-order valence-corrected chi connectivity index (χ3v) is 5.88. The first-order valence-corrected chi connectivity index (χ1v) is 9.11. The molecule has 0 spiro atoms. The molecule has 2 heterocycles. The summed E-state index contributed by atoms with van der Waals surface area (Å²) in [7, 11) is 2.05. The summed E-state index contributed by atoms with van der Waals surface area (Å²) >= 11 is 7.79. The molecule has 23 heavy (non-hydrogen) atoms. The average molecular weight is 354 g/mol. The highest BCUT2D eigenvalue weighted by Gasteiger charge is 2.36. The molecule has 1 aromatic rings. The highest BCUT2D eigenvalue weighted by atomic mass is 35.5. The average Bonchev–Trinajstić information content (AvgIpc) is 2.89. The van der Waals surface area contributed by atoms with Crippen LogP contribution >= 0.6 is 23.4 Å². The Bertz CT molecular complexity index is 605. The molecule has 5 nitrogen and oxygen atoms in total. The zero-order valence-corrected chi connectivity index (χ0v) is 14.6. The monoisotopic (exact) mass is 353 g/mol. The first kappa shape index (κ1) is 16.6. The van der Waals surface area contributed by atoms with Crippen molar-refractivity contribution in [2.75, 3.05) is 45.5 Å². The number of nitrogens with zero attached hydrogens (tertiary/aromatic N) is 3. The van der Waals surface area contributed by atoms with E-state index in [1.807, 2.05) is 29.2 Å². The lowest BCUT2D eigenvalue weighted by Crippen LogP contribution is -2.50. The number of piperazine rings is 1. The fraction of sp³-hybridized carbons (Fsp3) is 0.500. The van der Waals surface area contributed by atoms with Crippen molar-refractivity contribution in [3.05, 3.63) is 34.9 Å². The summed E-state index contributed by atoms with van der Waals surface area (Å²) in [5.41, 5.74) is 0.899. The van der Waals surface area contributed by atoms with E-state index in [9.17, 15) is 9.59 Å². The Morgan fingerprint density at radius 1 is 1.26 bits per heavy atom. The minimum Gasteiger partial charge on any atom is -0.339 e. The van der Waals surface area contributed by atoms with Crippen LogP contribution in [0.4, 0.5) is 0 Å². The first-order chi connectivity index (χ1) is 11.1. The van der Waals surface area contributed by atoms with Gasteiger partial charge in [0.05, 0.1) is 5.75 Å². The van der Waals surface area contributed by atoms with E-state index in [4.69, 9.17) is 11.6 Å². The Morgan fingerprint density at radius 3 is 2.65 bits per heavy atom. The van der Waals surface area contributed by atoms with Gasteiger partial charge in [-0.1, -0.05) is 29.8 Å². The number of benzene rings is 1. The molecule has 2 saturated heterocycles. The molecule has 0 aliphatic carbocycles. The molecule has 0 radical (unpaired) electrons. The van der Waals surface area contributed by atoms with E-state index in [0.717, 1.165) is 31.7 Å². The largest absolute Gasteiger partial charge is 0.339 e. The van der Waals surface area contributed by atoms with Gasteiger partial charge < -0.3 is 14.7 Å². The van der Waals surface area contributed by atoms with E-state index in [1.54, 1.807) is 4.90 Å². The van der Waals surface area contributed by atoms with Gasteiger partial charge in [-0.25, -0.2) is 0 Å². The van der Waals surface area contributed by atoms with Crippen LogP contribution in [-0.2, 0) is 9.59 Å². The molecule has 1 aromatic carbocycles. The maximum absolute atomic E-state index is 12.5. The van der Waals surface area contributed by atoms with Crippen molar-refractivity contribution in [3.8, 4) is 0 Å². The van der Waals surface area contributed by atoms with E-state index in [0.29, 0.717) is 10.8 Å². The molecule has 1 atom stereocenters. The Kier molecular flexibility index (Phi) is 5.14. The lowest BCUT2D eigenvalue weighted by molar-refractivity contribution is -0.140. The number of carbonyl (C=O) groups is 2. The molecule has 0 aromatic heterocycles. The lowest BCUT2D eigenvalue weighted by atomic mass is 10.2. The predicted molar refractivity (Wildman–Crippen MR) is 92.4 cm³/mol. The predicted octanol–water partition coefficient (Wildman–Crippen LogP) is 1.69. The van der Waals surface area contributed by atoms with Gasteiger partial charge >= 0.3 is 0 Å². The minimum absolute atomic E-state index is 0.00222. The van der Waals surface area contributed by atoms with Crippen molar-refractivity contribution in [2.24, 2.45) is 0 Å². The van der Waals surface area contributed by atoms with Gasteiger partial charge in [-0.2, -0.15) is 0 Å². The van der Waals surface area contributed by atoms with Crippen molar-refractivity contribution >= 4 is 35.2 Å². The summed E-state index contributed by atoms with van der Waals surface area (Å²) < 4.78 is 0. The summed E-state index contributed by atoms with van der Waals surface area (Å²) in [5, 5.41) is 0.462. The van der Waals surface area contributed by atoms with Gasteiger partial charge in [0.15, 0.2) is 0 Å². The van der Waals surface area contributed by atoms with Crippen LogP contribution in [0.5, 0.6) is 0 Å². The van der Waals surface area contributed by atoms with Gasteiger partial charge in [0, 0.05) is 36.8 Å². The van der Waals surface area contributed by atoms with Gasteiger partial charge in [-0.05, 0) is 13.1 Å². The van der Waals surface area contributed by atoms with Crippen LogP contribution < -0.4 is 0 Å². The highest BCUT2D eigenvalue weighted by molar-refractivity contribution is 8.00. The molecule has 124 valence electrons. The van der Waals surface area contributed by atoms with Crippen LogP contribution in [0.2, 0.25) is 5.02 Å². The smallest absolute Gasteiger partial charge is 0.242 e. The molecule has 0 bridgehead atoms. The van der Waals surface area contributed by atoms with Gasteiger partial charge in [0.1, 0.15) is 11.9 Å². The Hall–Kier alpha value is -1.24. The van der Waals surface area contributed by atoms with Crippen LogP contribution in [0.1, 0.15) is 10.9 Å². The summed E-state index contributed by atoms with van der Waals surface area (Å²) in [6.07, 6.45) is 0. The summed E-state index contributed by atoms with van der Waals surface area (Å²) in [6, 6.07) is 7.52. The Labute approximate surface area is 145 Å². The minimum atomic E-state index is -0.174. The topological polar surface area (TPSA) is 43.9 Å². The maximum Gasteiger partial charge on any atom is 0.242 e. The van der Waals surface area contributed by atoms with Crippen LogP contribution in [0, 0.1) is 0 Å². The molecule has 7 heteroatoms. The summed E-state index contributed by atoms with van der Waals surface area (Å²) in [6.45, 7) is 3.33. The SMILES string of the molecule is CN1CCN(C(=O)CN2C(=O)CSC2c2ccccc2Cl)CC1. The lowest BCUT2D eigenvalue weighted by Gasteiger charge is -2.34. The molecule has 3 rings (SSSR count). The number of rotatable bonds is 3. The highest BCUT2D eigenvalue weighted by Crippen LogP contribution is 2.41. The molecule has 2 aliphatic heterocycles. The second kappa shape index (κ2) is 7.11. The van der Waals surface area contributed by atoms with Gasteiger partial charge in [-0.3, -0.25) is 9.59 Å². The van der Waals surface area contributed by atoms with Gasteiger partial charge in [0.2, 0.25) is 11.8 Å². The third kappa shape index (κ3) is 3.65. The van der Waals surface area contributed by atoms with E-state index in [1.165, 1.54) is 11.8 Å². The number of halogens is 1. The molecule has 0 N–H and O–H groups in total. The fourth-order valence-corrected chi connectivity index (χ4v) is 4.39. The zero-order chi connectivity index (χ0) is 16.4. The quantitative estimate of drug-likeness (QED) is 0.829. The van der Waals surface area contributed by atoms with E-state index in [-0.39, 0.29) is 23.7 Å².